The Hall–Kier alpha value is -0.910. The third-order valence-electron chi connectivity index (χ3n) is 1.84. The highest BCUT2D eigenvalue weighted by Crippen LogP contribution is 2.13. The van der Waals surface area contributed by atoms with Crippen molar-refractivity contribution in [2.75, 3.05) is 6.79 Å². The summed E-state index contributed by atoms with van der Waals surface area (Å²) in [6.07, 6.45) is 0.135. The molecule has 0 fully saturated rings. The maximum Gasteiger partial charge on any atom is 0.189 e. The Balaban J connectivity index is 2.42. The SMILES string of the molecule is CC(C)OCOc1ccc(CS(=O)O)cc1. The van der Waals surface area contributed by atoms with E-state index in [1.54, 1.807) is 24.3 Å². The molecule has 4 nitrogen and oxygen atoms in total. The summed E-state index contributed by atoms with van der Waals surface area (Å²) in [6, 6.07) is 7.04. The Kier molecular flexibility index (Phi) is 5.45. The molecule has 1 atom stereocenters. The summed E-state index contributed by atoms with van der Waals surface area (Å²) in [6.45, 7) is 4.08. The molecular formula is C11H16O4S. The average molecular weight is 244 g/mol. The third-order valence-corrected chi connectivity index (χ3v) is 2.42. The van der Waals surface area contributed by atoms with Gasteiger partial charge in [0.1, 0.15) is 5.75 Å². The molecule has 0 aliphatic carbocycles. The van der Waals surface area contributed by atoms with Crippen LogP contribution in [0.25, 0.3) is 0 Å². The molecule has 0 aliphatic rings. The third kappa shape index (κ3) is 5.25. The summed E-state index contributed by atoms with van der Waals surface area (Å²) in [5.41, 5.74) is 0.804. The molecule has 0 amide bonds. The second kappa shape index (κ2) is 6.62. The quantitative estimate of drug-likeness (QED) is 0.615. The predicted molar refractivity (Wildman–Crippen MR) is 62.6 cm³/mol. The molecule has 0 bridgehead atoms. The first-order valence-corrected chi connectivity index (χ1v) is 6.26. The normalized spacial score (nSPS) is 12.8. The monoisotopic (exact) mass is 244 g/mol. The summed E-state index contributed by atoms with van der Waals surface area (Å²) in [4.78, 5) is 0. The van der Waals surface area contributed by atoms with E-state index < -0.39 is 11.1 Å². The van der Waals surface area contributed by atoms with E-state index in [2.05, 4.69) is 0 Å². The van der Waals surface area contributed by atoms with Crippen molar-refractivity contribution in [1.29, 1.82) is 0 Å². The Morgan fingerprint density at radius 1 is 1.31 bits per heavy atom. The van der Waals surface area contributed by atoms with E-state index in [4.69, 9.17) is 14.0 Å². The van der Waals surface area contributed by atoms with Crippen LogP contribution in [0.3, 0.4) is 0 Å². The first kappa shape index (κ1) is 13.2. The van der Waals surface area contributed by atoms with Crippen molar-refractivity contribution in [3.63, 3.8) is 0 Å². The number of ether oxygens (including phenoxy) is 2. The van der Waals surface area contributed by atoms with Crippen molar-refractivity contribution < 1.29 is 18.2 Å². The maximum atomic E-state index is 10.6. The van der Waals surface area contributed by atoms with Crippen LogP contribution in [0.4, 0.5) is 0 Å². The molecule has 0 radical (unpaired) electrons. The van der Waals surface area contributed by atoms with E-state index in [1.807, 2.05) is 13.8 Å². The van der Waals surface area contributed by atoms with E-state index in [9.17, 15) is 4.21 Å². The number of benzene rings is 1. The first-order valence-electron chi connectivity index (χ1n) is 4.98. The van der Waals surface area contributed by atoms with Crippen LogP contribution >= 0.6 is 0 Å². The number of hydrogen-bond donors (Lipinski definition) is 1. The molecule has 1 N–H and O–H groups in total. The molecule has 1 aromatic rings. The van der Waals surface area contributed by atoms with Crippen molar-refractivity contribution in [2.24, 2.45) is 0 Å². The highest BCUT2D eigenvalue weighted by Gasteiger charge is 1.99. The van der Waals surface area contributed by atoms with Gasteiger partial charge in [-0.25, -0.2) is 4.21 Å². The Morgan fingerprint density at radius 3 is 2.44 bits per heavy atom. The second-order valence-corrected chi connectivity index (χ2v) is 4.52. The fraction of sp³-hybridized carbons (Fsp3) is 0.455. The van der Waals surface area contributed by atoms with Crippen LogP contribution in [-0.2, 0) is 21.6 Å². The van der Waals surface area contributed by atoms with E-state index in [0.29, 0.717) is 5.75 Å². The Morgan fingerprint density at radius 2 is 1.94 bits per heavy atom. The number of hydrogen-bond acceptors (Lipinski definition) is 3. The van der Waals surface area contributed by atoms with Gasteiger partial charge in [-0.05, 0) is 31.5 Å². The molecular weight excluding hydrogens is 228 g/mol. The largest absolute Gasteiger partial charge is 0.468 e. The van der Waals surface area contributed by atoms with Crippen LogP contribution in [-0.4, -0.2) is 21.7 Å². The van der Waals surface area contributed by atoms with Crippen molar-refractivity contribution in [2.45, 2.75) is 25.7 Å². The summed E-state index contributed by atoms with van der Waals surface area (Å²) in [5, 5.41) is 0. The minimum atomic E-state index is -1.80. The molecule has 0 aliphatic heterocycles. The molecule has 0 spiro atoms. The molecule has 0 saturated carbocycles. The lowest BCUT2D eigenvalue weighted by molar-refractivity contribution is -0.0199. The molecule has 1 unspecified atom stereocenters. The lowest BCUT2D eigenvalue weighted by Gasteiger charge is -2.09. The zero-order valence-corrected chi connectivity index (χ0v) is 10.2. The summed E-state index contributed by atoms with van der Waals surface area (Å²) in [5.74, 6) is 0.830. The van der Waals surface area contributed by atoms with E-state index >= 15 is 0 Å². The predicted octanol–water partition coefficient (Wildman–Crippen LogP) is 2.17. The van der Waals surface area contributed by atoms with Crippen molar-refractivity contribution in [3.8, 4) is 5.75 Å². The standard InChI is InChI=1S/C11H16O4S/c1-9(2)14-8-15-11-5-3-10(4-6-11)7-16(12)13/h3-6,9H,7-8H2,1-2H3,(H,12,13). The highest BCUT2D eigenvalue weighted by molar-refractivity contribution is 7.78. The molecule has 0 aromatic heterocycles. The fourth-order valence-corrected chi connectivity index (χ4v) is 1.54. The van der Waals surface area contributed by atoms with Gasteiger partial charge in [-0.3, -0.25) is 0 Å². The van der Waals surface area contributed by atoms with Crippen molar-refractivity contribution in [3.05, 3.63) is 29.8 Å². The Bertz CT molecular complexity index is 334. The number of rotatable bonds is 6. The molecule has 1 aromatic carbocycles. The molecule has 0 heterocycles. The van der Waals surface area contributed by atoms with Crippen LogP contribution in [0.15, 0.2) is 24.3 Å². The molecule has 0 saturated heterocycles. The van der Waals surface area contributed by atoms with E-state index in [0.717, 1.165) is 5.56 Å². The van der Waals surface area contributed by atoms with Crippen LogP contribution < -0.4 is 4.74 Å². The van der Waals surface area contributed by atoms with Gasteiger partial charge in [-0.15, -0.1) is 0 Å². The van der Waals surface area contributed by atoms with Gasteiger partial charge in [0.2, 0.25) is 0 Å². The zero-order valence-electron chi connectivity index (χ0n) is 9.38. The maximum absolute atomic E-state index is 10.6. The zero-order chi connectivity index (χ0) is 12.0. The molecule has 5 heteroatoms. The smallest absolute Gasteiger partial charge is 0.189 e. The van der Waals surface area contributed by atoms with Crippen LogP contribution in [0.5, 0.6) is 5.75 Å². The van der Waals surface area contributed by atoms with Gasteiger partial charge >= 0.3 is 0 Å². The van der Waals surface area contributed by atoms with E-state index in [1.165, 1.54) is 0 Å². The minimum Gasteiger partial charge on any atom is -0.468 e. The second-order valence-electron chi connectivity index (χ2n) is 3.59. The van der Waals surface area contributed by atoms with Gasteiger partial charge in [-0.1, -0.05) is 12.1 Å². The van der Waals surface area contributed by atoms with Crippen LogP contribution in [0, 0.1) is 0 Å². The summed E-state index contributed by atoms with van der Waals surface area (Å²) in [7, 11) is 0. The van der Waals surface area contributed by atoms with Gasteiger partial charge in [0.05, 0.1) is 11.9 Å². The molecule has 90 valence electrons. The van der Waals surface area contributed by atoms with Gasteiger partial charge < -0.3 is 14.0 Å². The van der Waals surface area contributed by atoms with Gasteiger partial charge in [0, 0.05) is 0 Å². The summed E-state index contributed by atoms with van der Waals surface area (Å²) < 4.78 is 29.8. The van der Waals surface area contributed by atoms with Gasteiger partial charge in [0.15, 0.2) is 17.9 Å². The lowest BCUT2D eigenvalue weighted by Crippen LogP contribution is -2.09. The fourth-order valence-electron chi connectivity index (χ4n) is 1.06. The Labute approximate surface area is 97.9 Å². The average Bonchev–Trinajstić information content (AvgIpc) is 2.19. The first-order chi connectivity index (χ1) is 7.58. The topological polar surface area (TPSA) is 55.8 Å². The highest BCUT2D eigenvalue weighted by atomic mass is 32.2. The van der Waals surface area contributed by atoms with Crippen molar-refractivity contribution >= 4 is 11.1 Å². The van der Waals surface area contributed by atoms with E-state index in [-0.39, 0.29) is 18.6 Å². The summed E-state index contributed by atoms with van der Waals surface area (Å²) >= 11 is -1.80. The van der Waals surface area contributed by atoms with Crippen LogP contribution in [0.2, 0.25) is 0 Å². The van der Waals surface area contributed by atoms with Gasteiger partial charge in [-0.2, -0.15) is 0 Å². The molecule has 1 rings (SSSR count). The molecule has 16 heavy (non-hydrogen) atoms. The van der Waals surface area contributed by atoms with Crippen LogP contribution in [0.1, 0.15) is 19.4 Å². The van der Waals surface area contributed by atoms with Gasteiger partial charge in [0.25, 0.3) is 0 Å². The van der Waals surface area contributed by atoms with Crippen molar-refractivity contribution in [1.82, 2.24) is 0 Å². The minimum absolute atomic E-state index is 0.135. The lowest BCUT2D eigenvalue weighted by atomic mass is 10.2.